The first-order chi connectivity index (χ1) is 19.4. The molecule has 6 rings (SSSR count). The van der Waals surface area contributed by atoms with Crippen molar-refractivity contribution in [3.63, 3.8) is 0 Å². The maximum Gasteiger partial charge on any atom is 0.307 e. The lowest BCUT2D eigenvalue weighted by Crippen LogP contribution is -2.67. The zero-order valence-corrected chi connectivity index (χ0v) is 28.0. The lowest BCUT2D eigenvalue weighted by molar-refractivity contribution is -0.246. The Balaban J connectivity index is 1.33. The Morgan fingerprint density at radius 1 is 0.786 bits per heavy atom. The van der Waals surface area contributed by atoms with Crippen molar-refractivity contribution in [2.24, 2.45) is 73.9 Å². The van der Waals surface area contributed by atoms with Gasteiger partial charge in [-0.3, -0.25) is 9.59 Å². The van der Waals surface area contributed by atoms with E-state index in [4.69, 9.17) is 0 Å². The Morgan fingerprint density at radius 2 is 1.48 bits per heavy atom. The average Bonchev–Trinajstić information content (AvgIpc) is 3.30. The first-order valence-corrected chi connectivity index (χ1v) is 17.5. The predicted octanol–water partition coefficient (Wildman–Crippen LogP) is 8.71. The number of carbonyl (C=O) groups excluding carboxylic acids is 1. The molecule has 236 valence electrons. The van der Waals surface area contributed by atoms with Crippen LogP contribution in [0.5, 0.6) is 0 Å². The summed E-state index contributed by atoms with van der Waals surface area (Å²) in [6, 6.07) is 0. The van der Waals surface area contributed by atoms with Crippen molar-refractivity contribution in [2.45, 2.75) is 139 Å². The molecule has 0 aliphatic heterocycles. The molecule has 0 bridgehead atoms. The third kappa shape index (κ3) is 3.75. The minimum atomic E-state index is -0.708. The molecule has 0 saturated heterocycles. The van der Waals surface area contributed by atoms with Gasteiger partial charge in [0.25, 0.3) is 0 Å². The molecule has 0 aromatic heterocycles. The van der Waals surface area contributed by atoms with Crippen LogP contribution in [-0.2, 0) is 9.59 Å². The first-order valence-electron chi connectivity index (χ1n) is 17.5. The molecule has 12 atom stereocenters. The van der Waals surface area contributed by atoms with Crippen LogP contribution in [0.1, 0.15) is 132 Å². The van der Waals surface area contributed by atoms with Gasteiger partial charge in [-0.2, -0.15) is 0 Å². The SMILES string of the molecule is C=C(C)[C@@H]1CC[C@]2(C(=O)C[C@@H]3C[C@H](C(=O)O)C3(C)C)CC[C@]3(C)[C@H](CC[C@@H]4[C@@]5(C)CC[C@H](O)C(C)(C)[C@@H]5CC[C@]43C)[C@@H]12. The molecule has 0 amide bonds. The van der Waals surface area contributed by atoms with Crippen molar-refractivity contribution >= 4 is 11.8 Å². The van der Waals surface area contributed by atoms with E-state index in [0.717, 1.165) is 38.5 Å². The smallest absolute Gasteiger partial charge is 0.307 e. The topological polar surface area (TPSA) is 74.6 Å². The molecule has 0 radical (unpaired) electrons. The molecule has 2 N–H and O–H groups in total. The Hall–Kier alpha value is -1.16. The number of carboxylic acid groups (broad SMARTS) is 1. The maximum absolute atomic E-state index is 14.6. The summed E-state index contributed by atoms with van der Waals surface area (Å²) in [4.78, 5) is 26.4. The van der Waals surface area contributed by atoms with E-state index in [1.807, 2.05) is 0 Å². The fraction of sp³-hybridized carbons (Fsp3) is 0.895. The van der Waals surface area contributed by atoms with Gasteiger partial charge in [-0.1, -0.05) is 60.6 Å². The highest BCUT2D eigenvalue weighted by molar-refractivity contribution is 5.87. The zero-order valence-electron chi connectivity index (χ0n) is 28.0. The minimum absolute atomic E-state index is 0.0360. The van der Waals surface area contributed by atoms with E-state index in [1.165, 1.54) is 31.3 Å². The van der Waals surface area contributed by atoms with Gasteiger partial charge < -0.3 is 10.2 Å². The number of rotatable bonds is 5. The molecule has 0 aromatic carbocycles. The van der Waals surface area contributed by atoms with Crippen LogP contribution in [0.3, 0.4) is 0 Å². The van der Waals surface area contributed by atoms with Crippen LogP contribution in [0, 0.1) is 73.9 Å². The number of ketones is 1. The molecule has 6 fully saturated rings. The highest BCUT2D eigenvalue weighted by atomic mass is 16.4. The van der Waals surface area contributed by atoms with Gasteiger partial charge in [-0.05, 0) is 140 Å². The van der Waals surface area contributed by atoms with E-state index in [2.05, 4.69) is 62.0 Å². The van der Waals surface area contributed by atoms with Crippen LogP contribution in [0.4, 0.5) is 0 Å². The van der Waals surface area contributed by atoms with Gasteiger partial charge in [0.1, 0.15) is 5.78 Å². The fourth-order valence-corrected chi connectivity index (χ4v) is 13.8. The summed E-state index contributed by atoms with van der Waals surface area (Å²) >= 11 is 0. The van der Waals surface area contributed by atoms with E-state index in [-0.39, 0.29) is 50.4 Å². The molecule has 0 heterocycles. The third-order valence-corrected chi connectivity index (χ3v) is 16.8. The number of aliphatic hydroxyl groups is 1. The summed E-state index contributed by atoms with van der Waals surface area (Å²) in [6.07, 6.45) is 12.1. The van der Waals surface area contributed by atoms with Gasteiger partial charge in [0, 0.05) is 11.8 Å². The van der Waals surface area contributed by atoms with Crippen LogP contribution >= 0.6 is 0 Å². The van der Waals surface area contributed by atoms with Crippen LogP contribution in [0.2, 0.25) is 0 Å². The number of allylic oxidation sites excluding steroid dienone is 1. The second-order valence-corrected chi connectivity index (χ2v) is 18.5. The lowest BCUT2D eigenvalue weighted by atomic mass is 9.32. The normalized spacial score (nSPS) is 52.1. The third-order valence-electron chi connectivity index (χ3n) is 16.8. The Labute approximate surface area is 255 Å². The Bertz CT molecular complexity index is 1170. The van der Waals surface area contributed by atoms with E-state index in [0.29, 0.717) is 48.2 Å². The van der Waals surface area contributed by atoms with Crippen LogP contribution in [0.25, 0.3) is 0 Å². The van der Waals surface area contributed by atoms with Crippen molar-refractivity contribution in [3.05, 3.63) is 12.2 Å². The highest BCUT2D eigenvalue weighted by Gasteiger charge is 2.72. The first kappa shape index (κ1) is 30.8. The fourth-order valence-electron chi connectivity index (χ4n) is 13.8. The van der Waals surface area contributed by atoms with E-state index < -0.39 is 5.97 Å². The summed E-state index contributed by atoms with van der Waals surface area (Å²) in [5.41, 5.74) is 1.34. The van der Waals surface area contributed by atoms with Crippen LogP contribution < -0.4 is 0 Å². The molecule has 0 aromatic rings. The molecule has 42 heavy (non-hydrogen) atoms. The maximum atomic E-state index is 14.6. The lowest BCUT2D eigenvalue weighted by Gasteiger charge is -2.73. The van der Waals surface area contributed by atoms with E-state index in [9.17, 15) is 19.8 Å². The molecule has 4 heteroatoms. The number of aliphatic carboxylic acids is 1. The largest absolute Gasteiger partial charge is 0.481 e. The number of carbonyl (C=O) groups is 2. The summed E-state index contributed by atoms with van der Waals surface area (Å²) in [5.74, 6) is 2.12. The number of aliphatic hydroxyl groups excluding tert-OH is 1. The van der Waals surface area contributed by atoms with Crippen molar-refractivity contribution < 1.29 is 19.8 Å². The summed E-state index contributed by atoms with van der Waals surface area (Å²) in [6.45, 7) is 23.4. The number of Topliss-reactive ketones (excluding diaryl/α,β-unsaturated/α-hetero) is 1. The van der Waals surface area contributed by atoms with E-state index in [1.54, 1.807) is 0 Å². The van der Waals surface area contributed by atoms with Crippen molar-refractivity contribution in [2.75, 3.05) is 0 Å². The van der Waals surface area contributed by atoms with Gasteiger partial charge in [0.2, 0.25) is 0 Å². The zero-order chi connectivity index (χ0) is 30.8. The molecule has 0 spiro atoms. The number of hydrogen-bond acceptors (Lipinski definition) is 3. The number of carboxylic acids is 1. The number of fused-ring (bicyclic) bond motifs is 7. The summed E-state index contributed by atoms with van der Waals surface area (Å²) in [5, 5.41) is 20.8. The van der Waals surface area contributed by atoms with Gasteiger partial charge in [-0.25, -0.2) is 0 Å². The van der Waals surface area contributed by atoms with Gasteiger partial charge >= 0.3 is 5.97 Å². The quantitative estimate of drug-likeness (QED) is 0.319. The molecule has 6 aliphatic carbocycles. The minimum Gasteiger partial charge on any atom is -0.481 e. The predicted molar refractivity (Wildman–Crippen MR) is 168 cm³/mol. The molecular formula is C38H60O4. The highest BCUT2D eigenvalue weighted by Crippen LogP contribution is 2.77. The Kier molecular flexibility index (Phi) is 6.93. The number of hydrogen-bond donors (Lipinski definition) is 2. The van der Waals surface area contributed by atoms with Crippen molar-refractivity contribution in [1.29, 1.82) is 0 Å². The van der Waals surface area contributed by atoms with Crippen molar-refractivity contribution in [1.82, 2.24) is 0 Å². The van der Waals surface area contributed by atoms with Crippen molar-refractivity contribution in [3.8, 4) is 0 Å². The second-order valence-electron chi connectivity index (χ2n) is 18.5. The molecule has 6 saturated carbocycles. The molecule has 6 aliphatic rings. The Morgan fingerprint density at radius 3 is 2.10 bits per heavy atom. The van der Waals surface area contributed by atoms with Gasteiger partial charge in [0.05, 0.1) is 12.0 Å². The summed E-state index contributed by atoms with van der Waals surface area (Å²) < 4.78 is 0. The van der Waals surface area contributed by atoms with Gasteiger partial charge in [0.15, 0.2) is 0 Å². The molecule has 0 unspecified atom stereocenters. The van der Waals surface area contributed by atoms with Crippen LogP contribution in [0.15, 0.2) is 12.2 Å². The molecular weight excluding hydrogens is 520 g/mol. The summed E-state index contributed by atoms with van der Waals surface area (Å²) in [7, 11) is 0. The standard InChI is InChI=1S/C38H60O4/c1-22(2)24-12-17-38(30(40)21-23-20-26(32(41)42)33(23,3)4)19-18-36(8)25(31(24)38)10-11-28-35(7)15-14-29(39)34(5,6)27(35)13-16-37(28,36)9/h23-29,31,39H,1,10-21H2,2-9H3,(H,41,42)/t23-,24-,25+,26+,27-,28+,29-,31+,35-,36+,37+,38+/m0/s1. The van der Waals surface area contributed by atoms with E-state index >= 15 is 0 Å². The average molecular weight is 581 g/mol. The van der Waals surface area contributed by atoms with Gasteiger partial charge in [-0.15, -0.1) is 0 Å². The van der Waals surface area contributed by atoms with Crippen LogP contribution in [-0.4, -0.2) is 28.1 Å². The molecule has 4 nitrogen and oxygen atoms in total. The second kappa shape index (κ2) is 9.43. The monoisotopic (exact) mass is 580 g/mol.